The summed E-state index contributed by atoms with van der Waals surface area (Å²) in [5.74, 6) is 1.47. The summed E-state index contributed by atoms with van der Waals surface area (Å²) < 4.78 is 0. The number of nitrogen functional groups attached to an aromatic ring is 1. The fourth-order valence-electron chi connectivity index (χ4n) is 2.58. The lowest BCUT2D eigenvalue weighted by Gasteiger charge is -2.24. The van der Waals surface area contributed by atoms with Gasteiger partial charge in [-0.15, -0.1) is 0 Å². The third kappa shape index (κ3) is 4.25. The van der Waals surface area contributed by atoms with Crippen LogP contribution in [0.5, 0.6) is 0 Å². The summed E-state index contributed by atoms with van der Waals surface area (Å²) in [6.07, 6.45) is 9.23. The SMILES string of the molecule is CC(C)(C)Nc1ncnc(NC2CCCCCC2)c1N. The second-order valence-electron chi connectivity index (χ2n) is 6.69. The molecule has 1 aliphatic carbocycles. The van der Waals surface area contributed by atoms with Crippen molar-refractivity contribution in [3.05, 3.63) is 6.33 Å². The molecule has 1 aliphatic rings. The van der Waals surface area contributed by atoms with E-state index in [2.05, 4.69) is 41.4 Å². The topological polar surface area (TPSA) is 75.9 Å². The van der Waals surface area contributed by atoms with Gasteiger partial charge >= 0.3 is 0 Å². The molecule has 112 valence electrons. The van der Waals surface area contributed by atoms with E-state index in [0.29, 0.717) is 17.5 Å². The van der Waals surface area contributed by atoms with Crippen LogP contribution in [-0.2, 0) is 0 Å². The van der Waals surface area contributed by atoms with Crippen molar-refractivity contribution < 1.29 is 0 Å². The summed E-state index contributed by atoms with van der Waals surface area (Å²) in [7, 11) is 0. The number of aromatic nitrogens is 2. The summed E-state index contributed by atoms with van der Waals surface area (Å²) in [6.45, 7) is 6.27. The van der Waals surface area contributed by atoms with E-state index in [4.69, 9.17) is 5.73 Å². The highest BCUT2D eigenvalue weighted by Crippen LogP contribution is 2.27. The Hall–Kier alpha value is -1.52. The Morgan fingerprint density at radius 3 is 2.25 bits per heavy atom. The Labute approximate surface area is 121 Å². The minimum atomic E-state index is -0.0674. The maximum Gasteiger partial charge on any atom is 0.155 e. The number of anilines is 3. The highest BCUT2D eigenvalue weighted by Gasteiger charge is 2.18. The van der Waals surface area contributed by atoms with Crippen molar-refractivity contribution in [2.75, 3.05) is 16.4 Å². The van der Waals surface area contributed by atoms with Crippen LogP contribution in [0, 0.1) is 0 Å². The molecule has 0 unspecified atom stereocenters. The Morgan fingerprint density at radius 2 is 1.65 bits per heavy atom. The third-order valence-electron chi connectivity index (χ3n) is 3.57. The molecule has 1 saturated carbocycles. The molecule has 4 N–H and O–H groups in total. The lowest BCUT2D eigenvalue weighted by Crippen LogP contribution is -2.28. The zero-order valence-electron chi connectivity index (χ0n) is 12.9. The van der Waals surface area contributed by atoms with Crippen LogP contribution < -0.4 is 16.4 Å². The Balaban J connectivity index is 2.09. The molecule has 0 atom stereocenters. The number of hydrogen-bond donors (Lipinski definition) is 3. The standard InChI is InChI=1S/C15H27N5/c1-15(2,3)20-14-12(16)13(17-10-18-14)19-11-8-6-4-5-7-9-11/h10-11H,4-9,16H2,1-3H3,(H2,17,18,19,20). The molecule has 0 amide bonds. The van der Waals surface area contributed by atoms with Crippen molar-refractivity contribution in [1.29, 1.82) is 0 Å². The molecule has 5 heteroatoms. The summed E-state index contributed by atoms with van der Waals surface area (Å²) in [4.78, 5) is 8.56. The number of nitrogens with two attached hydrogens (primary N) is 1. The van der Waals surface area contributed by atoms with E-state index in [0.717, 1.165) is 5.82 Å². The second-order valence-corrected chi connectivity index (χ2v) is 6.69. The first kappa shape index (κ1) is 14.9. The van der Waals surface area contributed by atoms with Crippen LogP contribution in [0.2, 0.25) is 0 Å². The van der Waals surface area contributed by atoms with Crippen LogP contribution in [0.3, 0.4) is 0 Å². The maximum absolute atomic E-state index is 6.20. The van der Waals surface area contributed by atoms with Gasteiger partial charge in [-0.1, -0.05) is 25.7 Å². The van der Waals surface area contributed by atoms with Crippen molar-refractivity contribution >= 4 is 17.3 Å². The predicted octanol–water partition coefficient (Wildman–Crippen LogP) is 3.40. The molecule has 1 fully saturated rings. The summed E-state index contributed by atoms with van der Waals surface area (Å²) in [5, 5.41) is 6.82. The van der Waals surface area contributed by atoms with Gasteiger partial charge in [-0.25, -0.2) is 9.97 Å². The monoisotopic (exact) mass is 277 g/mol. The van der Waals surface area contributed by atoms with Crippen LogP contribution in [0.15, 0.2) is 6.33 Å². The molecule has 0 bridgehead atoms. The van der Waals surface area contributed by atoms with Gasteiger partial charge in [0.05, 0.1) is 0 Å². The fourth-order valence-corrected chi connectivity index (χ4v) is 2.58. The molecule has 5 nitrogen and oxygen atoms in total. The summed E-state index contributed by atoms with van der Waals surface area (Å²) in [5.41, 5.74) is 6.75. The molecule has 0 radical (unpaired) electrons. The molecular formula is C15H27N5. The van der Waals surface area contributed by atoms with E-state index in [1.165, 1.54) is 38.5 Å². The van der Waals surface area contributed by atoms with Crippen LogP contribution in [0.4, 0.5) is 17.3 Å². The fraction of sp³-hybridized carbons (Fsp3) is 0.733. The molecule has 1 aromatic heterocycles. The first-order valence-corrected chi connectivity index (χ1v) is 7.61. The summed E-state index contributed by atoms with van der Waals surface area (Å²) >= 11 is 0. The molecule has 1 aromatic rings. The molecule has 0 aromatic carbocycles. The molecule has 0 saturated heterocycles. The Kier molecular flexibility index (Phi) is 4.68. The van der Waals surface area contributed by atoms with Crippen LogP contribution >= 0.6 is 0 Å². The van der Waals surface area contributed by atoms with E-state index in [9.17, 15) is 0 Å². The van der Waals surface area contributed by atoms with Crippen molar-refractivity contribution in [2.24, 2.45) is 0 Å². The van der Waals surface area contributed by atoms with Crippen LogP contribution in [-0.4, -0.2) is 21.5 Å². The van der Waals surface area contributed by atoms with E-state index in [1.807, 2.05) is 0 Å². The van der Waals surface area contributed by atoms with E-state index in [1.54, 1.807) is 6.33 Å². The predicted molar refractivity (Wildman–Crippen MR) is 84.9 cm³/mol. The Morgan fingerprint density at radius 1 is 1.05 bits per heavy atom. The average Bonchev–Trinajstić information content (AvgIpc) is 2.61. The molecule has 20 heavy (non-hydrogen) atoms. The van der Waals surface area contributed by atoms with Gasteiger partial charge in [-0.3, -0.25) is 0 Å². The zero-order valence-corrected chi connectivity index (χ0v) is 12.9. The third-order valence-corrected chi connectivity index (χ3v) is 3.57. The maximum atomic E-state index is 6.20. The smallest absolute Gasteiger partial charge is 0.155 e. The lowest BCUT2D eigenvalue weighted by molar-refractivity contribution is 0.617. The number of hydrogen-bond acceptors (Lipinski definition) is 5. The van der Waals surface area contributed by atoms with Gasteiger partial charge in [0.1, 0.15) is 12.0 Å². The van der Waals surface area contributed by atoms with Crippen molar-refractivity contribution in [2.45, 2.75) is 70.9 Å². The van der Waals surface area contributed by atoms with E-state index in [-0.39, 0.29) is 5.54 Å². The van der Waals surface area contributed by atoms with Gasteiger partial charge in [0.2, 0.25) is 0 Å². The molecule has 0 spiro atoms. The van der Waals surface area contributed by atoms with Gasteiger partial charge in [0.15, 0.2) is 11.6 Å². The van der Waals surface area contributed by atoms with E-state index >= 15 is 0 Å². The van der Waals surface area contributed by atoms with Crippen molar-refractivity contribution in [3.8, 4) is 0 Å². The quantitative estimate of drug-likeness (QED) is 0.738. The van der Waals surface area contributed by atoms with Gasteiger partial charge in [0.25, 0.3) is 0 Å². The minimum Gasteiger partial charge on any atom is -0.393 e. The minimum absolute atomic E-state index is 0.0674. The lowest BCUT2D eigenvalue weighted by atomic mass is 10.1. The van der Waals surface area contributed by atoms with Crippen LogP contribution in [0.25, 0.3) is 0 Å². The van der Waals surface area contributed by atoms with Gasteiger partial charge < -0.3 is 16.4 Å². The van der Waals surface area contributed by atoms with Crippen molar-refractivity contribution in [1.82, 2.24) is 9.97 Å². The Bertz CT molecular complexity index is 430. The number of nitrogens with zero attached hydrogens (tertiary/aromatic N) is 2. The van der Waals surface area contributed by atoms with E-state index < -0.39 is 0 Å². The van der Waals surface area contributed by atoms with Gasteiger partial charge in [-0.2, -0.15) is 0 Å². The highest BCUT2D eigenvalue weighted by molar-refractivity contribution is 5.74. The molecule has 1 heterocycles. The number of nitrogens with one attached hydrogen (secondary N) is 2. The molecule has 2 rings (SSSR count). The first-order valence-electron chi connectivity index (χ1n) is 7.61. The first-order chi connectivity index (χ1) is 9.46. The summed E-state index contributed by atoms with van der Waals surface area (Å²) in [6, 6.07) is 0.484. The highest BCUT2D eigenvalue weighted by atomic mass is 15.1. The molecular weight excluding hydrogens is 250 g/mol. The second kappa shape index (κ2) is 6.29. The van der Waals surface area contributed by atoms with Gasteiger partial charge in [0, 0.05) is 11.6 Å². The average molecular weight is 277 g/mol. The normalized spacial score (nSPS) is 17.6. The van der Waals surface area contributed by atoms with Gasteiger partial charge in [-0.05, 0) is 33.6 Å². The largest absolute Gasteiger partial charge is 0.393 e. The molecule has 0 aliphatic heterocycles. The van der Waals surface area contributed by atoms with Crippen LogP contribution in [0.1, 0.15) is 59.3 Å². The zero-order chi connectivity index (χ0) is 14.6. The van der Waals surface area contributed by atoms with Crippen molar-refractivity contribution in [3.63, 3.8) is 0 Å². The number of rotatable bonds is 3.